The van der Waals surface area contributed by atoms with E-state index in [9.17, 15) is 4.79 Å². The summed E-state index contributed by atoms with van der Waals surface area (Å²) in [7, 11) is 3.40. The summed E-state index contributed by atoms with van der Waals surface area (Å²) in [6, 6.07) is 7.36. The van der Waals surface area contributed by atoms with E-state index < -0.39 is 5.97 Å². The van der Waals surface area contributed by atoms with Crippen LogP contribution in [-0.4, -0.2) is 34.5 Å². The summed E-state index contributed by atoms with van der Waals surface area (Å²) in [5.74, 6) is 0.0626. The largest absolute Gasteiger partial charge is 0.495 e. The predicted molar refractivity (Wildman–Crippen MR) is 96.4 cm³/mol. The van der Waals surface area contributed by atoms with Gasteiger partial charge in [-0.3, -0.25) is 9.67 Å². The van der Waals surface area contributed by atoms with Crippen molar-refractivity contribution in [2.45, 2.75) is 6.92 Å². The molecule has 0 saturated heterocycles. The first-order valence-electron chi connectivity index (χ1n) is 7.94. The Hall–Kier alpha value is -3.15. The molecule has 3 rings (SSSR count). The molecule has 0 fully saturated rings. The summed E-state index contributed by atoms with van der Waals surface area (Å²) >= 11 is 0. The average molecular weight is 337 g/mol. The molecule has 0 radical (unpaired) electrons. The lowest BCUT2D eigenvalue weighted by atomic mass is 10.1. The highest BCUT2D eigenvalue weighted by molar-refractivity contribution is 6.03. The molecule has 6 heteroatoms. The molecular weight excluding hydrogens is 318 g/mol. The summed E-state index contributed by atoms with van der Waals surface area (Å²) in [5, 5.41) is 5.32. The molecule has 0 unspecified atom stereocenters. The van der Waals surface area contributed by atoms with E-state index in [1.165, 1.54) is 0 Å². The first kappa shape index (κ1) is 16.7. The number of fused-ring (bicyclic) bond motifs is 1. The summed E-state index contributed by atoms with van der Waals surface area (Å²) in [4.78, 5) is 16.2. The second kappa shape index (κ2) is 7.17. The minimum atomic E-state index is -0.408. The molecule has 3 aromatic rings. The van der Waals surface area contributed by atoms with Crippen LogP contribution in [0.3, 0.4) is 0 Å². The van der Waals surface area contributed by atoms with Crippen molar-refractivity contribution in [3.8, 4) is 5.75 Å². The Morgan fingerprint density at radius 2 is 1.96 bits per heavy atom. The molecule has 25 heavy (non-hydrogen) atoms. The monoisotopic (exact) mass is 337 g/mol. The van der Waals surface area contributed by atoms with E-state index in [0.717, 1.165) is 22.2 Å². The zero-order valence-corrected chi connectivity index (χ0v) is 14.4. The van der Waals surface area contributed by atoms with Crippen LogP contribution in [0.25, 0.3) is 23.1 Å². The van der Waals surface area contributed by atoms with Crippen LogP contribution >= 0.6 is 0 Å². The molecule has 0 aliphatic carbocycles. The number of hydrogen-bond acceptors (Lipinski definition) is 5. The summed E-state index contributed by atoms with van der Waals surface area (Å²) in [6.45, 7) is 2.08. The Bertz CT molecular complexity index is 930. The van der Waals surface area contributed by atoms with Gasteiger partial charge < -0.3 is 9.47 Å². The molecule has 0 aliphatic rings. The fraction of sp³-hybridized carbons (Fsp3) is 0.211. The van der Waals surface area contributed by atoms with Crippen molar-refractivity contribution in [2.75, 3.05) is 13.7 Å². The molecular formula is C19H19N3O3. The second-order valence-electron chi connectivity index (χ2n) is 5.38. The van der Waals surface area contributed by atoms with Crippen LogP contribution in [0, 0.1) is 0 Å². The maximum atomic E-state index is 12.2. The molecule has 0 N–H and O–H groups in total. The average Bonchev–Trinajstić information content (AvgIpc) is 2.96. The van der Waals surface area contributed by atoms with Gasteiger partial charge in [0.25, 0.3) is 0 Å². The molecule has 0 bridgehead atoms. The normalized spacial score (nSPS) is 11.2. The van der Waals surface area contributed by atoms with E-state index in [0.29, 0.717) is 17.9 Å². The van der Waals surface area contributed by atoms with Crippen molar-refractivity contribution in [2.24, 2.45) is 7.05 Å². The number of methoxy groups -OCH3 is 1. The Labute approximate surface area is 145 Å². The number of hydrogen-bond donors (Lipinski definition) is 0. The number of carbonyl (C=O) groups is 1. The third-order valence-electron chi connectivity index (χ3n) is 3.84. The van der Waals surface area contributed by atoms with Crippen molar-refractivity contribution < 1.29 is 14.3 Å². The zero-order valence-electron chi connectivity index (χ0n) is 14.4. The molecule has 0 amide bonds. The number of benzene rings is 1. The summed E-state index contributed by atoms with van der Waals surface area (Å²) in [6.07, 6.45) is 7.31. The Balaban J connectivity index is 2.14. The molecule has 0 spiro atoms. The Morgan fingerprint density at radius 3 is 2.64 bits per heavy atom. The lowest BCUT2D eigenvalue weighted by molar-refractivity contribution is 0.0523. The standard InChI is InChI=1S/C19H19N3O3/c1-4-25-19(23)14-6-8-16-17(18(14)24-3)15(21-22(16)2)7-5-13-9-11-20-12-10-13/h5-12H,4H2,1-3H3/b7-5+. The topological polar surface area (TPSA) is 66.2 Å². The number of nitrogens with zero attached hydrogens (tertiary/aromatic N) is 3. The third-order valence-corrected chi connectivity index (χ3v) is 3.84. The number of carbonyl (C=O) groups excluding carboxylic acids is 1. The van der Waals surface area contributed by atoms with E-state index in [1.54, 1.807) is 37.2 Å². The summed E-state index contributed by atoms with van der Waals surface area (Å²) < 4.78 is 12.4. The second-order valence-corrected chi connectivity index (χ2v) is 5.38. The van der Waals surface area contributed by atoms with Gasteiger partial charge in [-0.25, -0.2) is 4.79 Å². The maximum absolute atomic E-state index is 12.2. The quantitative estimate of drug-likeness (QED) is 0.668. The number of pyridine rings is 1. The van der Waals surface area contributed by atoms with E-state index in [4.69, 9.17) is 9.47 Å². The van der Waals surface area contributed by atoms with E-state index in [1.807, 2.05) is 37.4 Å². The lowest BCUT2D eigenvalue weighted by Crippen LogP contribution is -2.07. The third kappa shape index (κ3) is 3.24. The van der Waals surface area contributed by atoms with Gasteiger partial charge >= 0.3 is 5.97 Å². The van der Waals surface area contributed by atoms with Crippen molar-refractivity contribution in [1.82, 2.24) is 14.8 Å². The molecule has 2 heterocycles. The van der Waals surface area contributed by atoms with E-state index in [-0.39, 0.29) is 0 Å². The highest BCUT2D eigenvalue weighted by Crippen LogP contribution is 2.33. The van der Waals surface area contributed by atoms with Gasteiger partial charge in [0.2, 0.25) is 0 Å². The van der Waals surface area contributed by atoms with Crippen molar-refractivity contribution >= 4 is 29.0 Å². The number of ether oxygens (including phenoxy) is 2. The number of aryl methyl sites for hydroxylation is 1. The van der Waals surface area contributed by atoms with Crippen LogP contribution in [0.1, 0.15) is 28.5 Å². The van der Waals surface area contributed by atoms with Gasteiger partial charge in [-0.05, 0) is 42.8 Å². The molecule has 0 saturated carbocycles. The smallest absolute Gasteiger partial charge is 0.341 e. The molecule has 6 nitrogen and oxygen atoms in total. The van der Waals surface area contributed by atoms with Crippen molar-refractivity contribution in [3.05, 3.63) is 53.5 Å². The minimum absolute atomic E-state index is 0.307. The van der Waals surface area contributed by atoms with Crippen molar-refractivity contribution in [3.63, 3.8) is 0 Å². The van der Waals surface area contributed by atoms with Gasteiger partial charge in [0.05, 0.1) is 30.3 Å². The fourth-order valence-electron chi connectivity index (χ4n) is 2.70. The van der Waals surface area contributed by atoms with E-state index >= 15 is 0 Å². The lowest BCUT2D eigenvalue weighted by Gasteiger charge is -2.09. The molecule has 0 aliphatic heterocycles. The highest BCUT2D eigenvalue weighted by Gasteiger charge is 2.20. The summed E-state index contributed by atoms with van der Waals surface area (Å²) in [5.41, 5.74) is 2.99. The van der Waals surface area contributed by atoms with Crippen LogP contribution in [0.15, 0.2) is 36.7 Å². The van der Waals surface area contributed by atoms with Gasteiger partial charge in [-0.2, -0.15) is 5.10 Å². The molecule has 128 valence electrons. The molecule has 1 aromatic carbocycles. The van der Waals surface area contributed by atoms with Gasteiger partial charge in [-0.15, -0.1) is 0 Å². The zero-order chi connectivity index (χ0) is 17.8. The fourth-order valence-corrected chi connectivity index (χ4v) is 2.70. The highest BCUT2D eigenvalue weighted by atomic mass is 16.5. The minimum Gasteiger partial charge on any atom is -0.495 e. The predicted octanol–water partition coefficient (Wildman–Crippen LogP) is 3.32. The van der Waals surface area contributed by atoms with Crippen LogP contribution in [0.2, 0.25) is 0 Å². The van der Waals surface area contributed by atoms with Gasteiger partial charge in [0.15, 0.2) is 0 Å². The molecule has 0 atom stereocenters. The van der Waals surface area contributed by atoms with Crippen LogP contribution in [-0.2, 0) is 11.8 Å². The van der Waals surface area contributed by atoms with Gasteiger partial charge in [0, 0.05) is 19.4 Å². The molecule has 2 aromatic heterocycles. The number of esters is 1. The van der Waals surface area contributed by atoms with Gasteiger partial charge in [-0.1, -0.05) is 6.08 Å². The number of rotatable bonds is 5. The van der Waals surface area contributed by atoms with Crippen LogP contribution < -0.4 is 4.74 Å². The Morgan fingerprint density at radius 1 is 1.20 bits per heavy atom. The Kier molecular flexibility index (Phi) is 4.79. The van der Waals surface area contributed by atoms with Crippen molar-refractivity contribution in [1.29, 1.82) is 0 Å². The first-order valence-corrected chi connectivity index (χ1v) is 7.94. The van der Waals surface area contributed by atoms with Crippen LogP contribution in [0.4, 0.5) is 0 Å². The number of aromatic nitrogens is 3. The first-order chi connectivity index (χ1) is 12.2. The van der Waals surface area contributed by atoms with E-state index in [2.05, 4.69) is 10.1 Å². The van der Waals surface area contributed by atoms with Gasteiger partial charge in [0.1, 0.15) is 11.3 Å². The van der Waals surface area contributed by atoms with Crippen LogP contribution in [0.5, 0.6) is 5.75 Å². The maximum Gasteiger partial charge on any atom is 0.341 e. The SMILES string of the molecule is CCOC(=O)c1ccc2c(c(/C=C/c3ccncc3)nn2C)c1OC.